The lowest BCUT2D eigenvalue weighted by Gasteiger charge is -2.10. The normalized spacial score (nSPS) is 16.9. The van der Waals surface area contributed by atoms with Crippen LogP contribution in [0.5, 0.6) is 0 Å². The molecule has 1 saturated carbocycles. The average molecular weight is 289 g/mol. The number of fused-ring (bicyclic) bond motifs is 3. The molecule has 0 amide bonds. The van der Waals surface area contributed by atoms with Gasteiger partial charge in [-0.2, -0.15) is 0 Å². The van der Waals surface area contributed by atoms with Gasteiger partial charge in [-0.25, -0.2) is 0 Å². The third kappa shape index (κ3) is 1.41. The summed E-state index contributed by atoms with van der Waals surface area (Å²) < 4.78 is 1.88. The van der Waals surface area contributed by atoms with Gasteiger partial charge in [-0.1, -0.05) is 18.5 Å². The summed E-state index contributed by atoms with van der Waals surface area (Å²) in [6, 6.07) is 3.75. The molecule has 0 spiro atoms. The highest BCUT2D eigenvalue weighted by Gasteiger charge is 2.43. The smallest absolute Gasteiger partial charge is 0.294 e. The van der Waals surface area contributed by atoms with Gasteiger partial charge in [-0.05, 0) is 37.5 Å². The van der Waals surface area contributed by atoms with Crippen LogP contribution in [0.4, 0.5) is 0 Å². The van der Waals surface area contributed by atoms with E-state index in [-0.39, 0.29) is 11.0 Å². The van der Waals surface area contributed by atoms with E-state index in [4.69, 9.17) is 11.6 Å². The van der Waals surface area contributed by atoms with Crippen LogP contribution in [0.15, 0.2) is 16.9 Å². The Morgan fingerprint density at radius 3 is 2.80 bits per heavy atom. The van der Waals surface area contributed by atoms with Crippen LogP contribution in [0, 0.1) is 6.92 Å². The highest BCUT2D eigenvalue weighted by Crippen LogP contribution is 2.46. The summed E-state index contributed by atoms with van der Waals surface area (Å²) in [5, 5.41) is 8.95. The molecule has 1 aliphatic carbocycles. The molecular weight excluding hydrogens is 276 g/mol. The van der Waals surface area contributed by atoms with Crippen molar-refractivity contribution in [3.8, 4) is 0 Å². The van der Waals surface area contributed by atoms with E-state index in [2.05, 4.69) is 22.1 Å². The van der Waals surface area contributed by atoms with Crippen LogP contribution in [0.25, 0.3) is 16.7 Å². The van der Waals surface area contributed by atoms with Crippen molar-refractivity contribution in [1.82, 2.24) is 19.6 Å². The van der Waals surface area contributed by atoms with E-state index in [1.165, 1.54) is 0 Å². The summed E-state index contributed by atoms with van der Waals surface area (Å²) >= 11 is 6.14. The number of aryl methyl sites for hydroxylation is 1. The SMILES string of the molecule is Cc1c(Cl)ccc2c1[nH]c(=O)c1nnc(C3(C)CC3)n12. The van der Waals surface area contributed by atoms with Gasteiger partial charge >= 0.3 is 0 Å². The Hall–Kier alpha value is -1.88. The second kappa shape index (κ2) is 3.61. The van der Waals surface area contributed by atoms with E-state index >= 15 is 0 Å². The van der Waals surface area contributed by atoms with E-state index in [9.17, 15) is 4.79 Å². The zero-order valence-electron chi connectivity index (χ0n) is 11.2. The molecule has 1 N–H and O–H groups in total. The molecule has 1 aromatic carbocycles. The van der Waals surface area contributed by atoms with Gasteiger partial charge < -0.3 is 4.98 Å². The van der Waals surface area contributed by atoms with Gasteiger partial charge in [0.15, 0.2) is 0 Å². The molecule has 102 valence electrons. The molecule has 0 aliphatic heterocycles. The van der Waals surface area contributed by atoms with Gasteiger partial charge in [-0.3, -0.25) is 9.20 Å². The number of benzene rings is 1. The van der Waals surface area contributed by atoms with E-state index < -0.39 is 0 Å². The third-order valence-corrected chi connectivity index (χ3v) is 4.67. The van der Waals surface area contributed by atoms with Crippen molar-refractivity contribution in [2.75, 3.05) is 0 Å². The van der Waals surface area contributed by atoms with Gasteiger partial charge in [-0.15, -0.1) is 10.2 Å². The average Bonchev–Trinajstić information content (AvgIpc) is 3.00. The van der Waals surface area contributed by atoms with Gasteiger partial charge in [0.1, 0.15) is 5.82 Å². The molecule has 5 nitrogen and oxygen atoms in total. The number of hydrogen-bond donors (Lipinski definition) is 1. The molecule has 1 aliphatic rings. The maximum atomic E-state index is 12.2. The summed E-state index contributed by atoms with van der Waals surface area (Å²) in [5.41, 5.74) is 2.67. The summed E-state index contributed by atoms with van der Waals surface area (Å²) in [6.07, 6.45) is 2.16. The fourth-order valence-corrected chi connectivity index (χ4v) is 2.80. The first kappa shape index (κ1) is 11.9. The van der Waals surface area contributed by atoms with Crippen molar-refractivity contribution in [2.24, 2.45) is 0 Å². The van der Waals surface area contributed by atoms with Crippen molar-refractivity contribution in [1.29, 1.82) is 0 Å². The first-order chi connectivity index (χ1) is 9.51. The van der Waals surface area contributed by atoms with Crippen molar-refractivity contribution in [2.45, 2.75) is 32.1 Å². The van der Waals surface area contributed by atoms with Gasteiger partial charge in [0.05, 0.1) is 11.0 Å². The number of aromatic nitrogens is 4. The third-order valence-electron chi connectivity index (χ3n) is 4.26. The Kier molecular flexibility index (Phi) is 2.15. The van der Waals surface area contributed by atoms with E-state index in [1.807, 2.05) is 23.5 Å². The fourth-order valence-electron chi connectivity index (χ4n) is 2.65. The molecule has 0 radical (unpaired) electrons. The second-order valence-electron chi connectivity index (χ2n) is 5.76. The molecular formula is C14H13ClN4O. The topological polar surface area (TPSA) is 63.0 Å². The van der Waals surface area contributed by atoms with Crippen molar-refractivity contribution >= 4 is 28.3 Å². The molecule has 6 heteroatoms. The van der Waals surface area contributed by atoms with Crippen molar-refractivity contribution in [3.63, 3.8) is 0 Å². The molecule has 2 aromatic heterocycles. The quantitative estimate of drug-likeness (QED) is 0.748. The van der Waals surface area contributed by atoms with Gasteiger partial charge in [0.2, 0.25) is 5.65 Å². The van der Waals surface area contributed by atoms with E-state index in [0.717, 1.165) is 35.3 Å². The number of H-pyrrole nitrogens is 1. The van der Waals surface area contributed by atoms with Crippen LogP contribution in [-0.2, 0) is 5.41 Å². The zero-order chi connectivity index (χ0) is 14.1. The first-order valence-electron chi connectivity index (χ1n) is 6.58. The Labute approximate surface area is 119 Å². The Balaban J connectivity index is 2.25. The number of aromatic amines is 1. The largest absolute Gasteiger partial charge is 0.317 e. The molecule has 3 aromatic rings. The summed E-state index contributed by atoms with van der Waals surface area (Å²) in [4.78, 5) is 15.1. The minimum Gasteiger partial charge on any atom is -0.317 e. The van der Waals surface area contributed by atoms with Crippen LogP contribution < -0.4 is 5.56 Å². The van der Waals surface area contributed by atoms with E-state index in [1.54, 1.807) is 0 Å². The second-order valence-corrected chi connectivity index (χ2v) is 6.17. The highest BCUT2D eigenvalue weighted by molar-refractivity contribution is 6.32. The Morgan fingerprint density at radius 1 is 1.35 bits per heavy atom. The van der Waals surface area contributed by atoms with Crippen LogP contribution in [0.3, 0.4) is 0 Å². The number of rotatable bonds is 1. The van der Waals surface area contributed by atoms with Gasteiger partial charge in [0.25, 0.3) is 5.56 Å². The zero-order valence-corrected chi connectivity index (χ0v) is 12.0. The van der Waals surface area contributed by atoms with Crippen LogP contribution >= 0.6 is 11.6 Å². The lowest BCUT2D eigenvalue weighted by atomic mass is 10.1. The summed E-state index contributed by atoms with van der Waals surface area (Å²) in [5.74, 6) is 0.866. The van der Waals surface area contributed by atoms with Gasteiger partial charge in [0, 0.05) is 10.4 Å². The van der Waals surface area contributed by atoms with Crippen LogP contribution in [0.2, 0.25) is 5.02 Å². The lowest BCUT2D eigenvalue weighted by Crippen LogP contribution is -2.15. The summed E-state index contributed by atoms with van der Waals surface area (Å²) in [6.45, 7) is 4.05. The molecule has 2 heterocycles. The Morgan fingerprint density at radius 2 is 2.10 bits per heavy atom. The molecule has 20 heavy (non-hydrogen) atoms. The fraction of sp³-hybridized carbons (Fsp3) is 0.357. The Bertz CT molecular complexity index is 920. The number of halogens is 1. The lowest BCUT2D eigenvalue weighted by molar-refractivity contribution is 0.701. The van der Waals surface area contributed by atoms with Crippen LogP contribution in [0.1, 0.15) is 31.2 Å². The molecule has 1 fully saturated rings. The summed E-state index contributed by atoms with van der Waals surface area (Å²) in [7, 11) is 0. The molecule has 0 saturated heterocycles. The van der Waals surface area contributed by atoms with Crippen molar-refractivity contribution < 1.29 is 0 Å². The maximum absolute atomic E-state index is 12.2. The van der Waals surface area contributed by atoms with Crippen molar-refractivity contribution in [3.05, 3.63) is 38.9 Å². The predicted molar refractivity (Wildman–Crippen MR) is 77.4 cm³/mol. The molecule has 0 unspecified atom stereocenters. The number of nitrogens with one attached hydrogen (secondary N) is 1. The van der Waals surface area contributed by atoms with E-state index in [0.29, 0.717) is 10.7 Å². The standard InChI is InChI=1S/C14H13ClN4O/c1-7-8(15)3-4-9-10(7)16-12(20)11-17-18-13(19(9)11)14(2)5-6-14/h3-4H,5-6H2,1-2H3,(H,16,20). The van der Waals surface area contributed by atoms with Crippen LogP contribution in [-0.4, -0.2) is 19.6 Å². The number of hydrogen-bond acceptors (Lipinski definition) is 3. The minimum atomic E-state index is -0.231. The monoisotopic (exact) mass is 288 g/mol. The first-order valence-corrected chi connectivity index (χ1v) is 6.96. The minimum absolute atomic E-state index is 0.0354. The molecule has 0 bridgehead atoms. The predicted octanol–water partition coefficient (Wildman–Crippen LogP) is 2.58. The molecule has 0 atom stereocenters. The maximum Gasteiger partial charge on any atom is 0.294 e. The molecule has 4 rings (SSSR count). The number of nitrogens with zero attached hydrogens (tertiary/aromatic N) is 3. The highest BCUT2D eigenvalue weighted by atomic mass is 35.5.